The van der Waals surface area contributed by atoms with Crippen LogP contribution in [0.4, 0.5) is 11.4 Å². The first-order valence-corrected chi connectivity index (χ1v) is 6.69. The Morgan fingerprint density at radius 2 is 2.16 bits per heavy atom. The second-order valence-electron chi connectivity index (χ2n) is 4.98. The highest BCUT2D eigenvalue weighted by atomic mass is 16.5. The maximum Gasteiger partial charge on any atom is 0.262 e. The molecule has 0 aromatic heterocycles. The van der Waals surface area contributed by atoms with Crippen molar-refractivity contribution in [2.75, 3.05) is 37.0 Å². The average molecular weight is 262 g/mol. The first-order valence-electron chi connectivity index (χ1n) is 6.69. The Morgan fingerprint density at radius 1 is 1.32 bits per heavy atom. The molecular weight excluding hydrogens is 244 g/mol. The van der Waals surface area contributed by atoms with Crippen molar-refractivity contribution in [3.63, 3.8) is 0 Å². The van der Waals surface area contributed by atoms with E-state index in [0.29, 0.717) is 5.92 Å². The summed E-state index contributed by atoms with van der Waals surface area (Å²) in [5.41, 5.74) is 1.75. The molecule has 2 aliphatic rings. The molecule has 0 aliphatic carbocycles. The van der Waals surface area contributed by atoms with Gasteiger partial charge in [0, 0.05) is 25.4 Å². The number of carbonyl (C=O) groups is 1. The Morgan fingerprint density at radius 3 is 3.00 bits per heavy atom. The summed E-state index contributed by atoms with van der Waals surface area (Å²) in [6.45, 7) is 2.76. The number of benzene rings is 1. The van der Waals surface area contributed by atoms with E-state index in [-0.39, 0.29) is 12.5 Å². The molecule has 3 rings (SSSR count). The van der Waals surface area contributed by atoms with Crippen molar-refractivity contribution in [3.05, 3.63) is 18.2 Å². The molecule has 2 heterocycles. The van der Waals surface area contributed by atoms with Crippen molar-refractivity contribution in [1.29, 1.82) is 0 Å². The van der Waals surface area contributed by atoms with Crippen LogP contribution in [-0.2, 0) is 9.53 Å². The second kappa shape index (κ2) is 5.48. The third-order valence-corrected chi connectivity index (χ3v) is 3.55. The number of fused-ring (bicyclic) bond motifs is 1. The fraction of sp³-hybridized carbons (Fsp3) is 0.500. The van der Waals surface area contributed by atoms with E-state index in [4.69, 9.17) is 9.47 Å². The Kier molecular flexibility index (Phi) is 3.55. The number of anilines is 2. The highest BCUT2D eigenvalue weighted by Crippen LogP contribution is 2.30. The highest BCUT2D eigenvalue weighted by Gasteiger charge is 2.17. The first-order chi connectivity index (χ1) is 9.31. The van der Waals surface area contributed by atoms with Crippen LogP contribution in [0.2, 0.25) is 0 Å². The van der Waals surface area contributed by atoms with Crippen LogP contribution in [0, 0.1) is 5.92 Å². The molecule has 19 heavy (non-hydrogen) atoms. The zero-order chi connectivity index (χ0) is 13.1. The van der Waals surface area contributed by atoms with E-state index < -0.39 is 0 Å². The smallest absolute Gasteiger partial charge is 0.262 e. The Hall–Kier alpha value is -1.75. The zero-order valence-corrected chi connectivity index (χ0v) is 10.8. The molecule has 1 saturated heterocycles. The van der Waals surface area contributed by atoms with Crippen molar-refractivity contribution < 1.29 is 14.3 Å². The van der Waals surface area contributed by atoms with Crippen LogP contribution in [0.15, 0.2) is 18.2 Å². The van der Waals surface area contributed by atoms with Crippen LogP contribution in [0.3, 0.4) is 0 Å². The molecule has 0 spiro atoms. The molecule has 102 valence electrons. The van der Waals surface area contributed by atoms with Crippen LogP contribution in [-0.4, -0.2) is 32.3 Å². The number of hydrogen-bond donors (Lipinski definition) is 2. The third-order valence-electron chi connectivity index (χ3n) is 3.55. The van der Waals surface area contributed by atoms with Crippen LogP contribution >= 0.6 is 0 Å². The van der Waals surface area contributed by atoms with E-state index in [2.05, 4.69) is 10.6 Å². The van der Waals surface area contributed by atoms with Gasteiger partial charge in [-0.3, -0.25) is 4.79 Å². The Labute approximate surface area is 112 Å². The van der Waals surface area contributed by atoms with E-state index in [9.17, 15) is 4.79 Å². The van der Waals surface area contributed by atoms with Gasteiger partial charge in [0.2, 0.25) is 0 Å². The predicted octanol–water partition coefficient (Wildman–Crippen LogP) is 1.86. The molecule has 2 aliphatic heterocycles. The number of nitrogens with one attached hydrogen (secondary N) is 2. The summed E-state index contributed by atoms with van der Waals surface area (Å²) in [5, 5.41) is 6.23. The predicted molar refractivity (Wildman–Crippen MR) is 72.6 cm³/mol. The van der Waals surface area contributed by atoms with Crippen molar-refractivity contribution in [2.24, 2.45) is 5.92 Å². The molecule has 2 N–H and O–H groups in total. The van der Waals surface area contributed by atoms with Gasteiger partial charge in [0.05, 0.1) is 5.69 Å². The average Bonchev–Trinajstić information content (AvgIpc) is 2.46. The van der Waals surface area contributed by atoms with Gasteiger partial charge in [0.25, 0.3) is 5.91 Å². The van der Waals surface area contributed by atoms with Crippen LogP contribution < -0.4 is 15.4 Å². The fourth-order valence-electron chi connectivity index (χ4n) is 2.41. The topological polar surface area (TPSA) is 59.6 Å². The molecule has 0 unspecified atom stereocenters. The lowest BCUT2D eigenvalue weighted by Gasteiger charge is -2.23. The largest absolute Gasteiger partial charge is 0.482 e. The summed E-state index contributed by atoms with van der Waals surface area (Å²) in [6, 6.07) is 5.79. The van der Waals surface area contributed by atoms with E-state index in [1.165, 1.54) is 0 Å². The maximum atomic E-state index is 11.3. The van der Waals surface area contributed by atoms with Gasteiger partial charge < -0.3 is 20.1 Å². The molecule has 0 saturated carbocycles. The summed E-state index contributed by atoms with van der Waals surface area (Å²) in [6.07, 6.45) is 2.22. The normalized spacial score (nSPS) is 19.3. The van der Waals surface area contributed by atoms with Crippen LogP contribution in [0.5, 0.6) is 5.75 Å². The van der Waals surface area contributed by atoms with Crippen molar-refractivity contribution in [1.82, 2.24) is 0 Å². The molecule has 5 nitrogen and oxygen atoms in total. The van der Waals surface area contributed by atoms with Crippen molar-refractivity contribution >= 4 is 17.3 Å². The highest BCUT2D eigenvalue weighted by molar-refractivity contribution is 5.95. The van der Waals surface area contributed by atoms with E-state index in [0.717, 1.165) is 49.7 Å². The van der Waals surface area contributed by atoms with Gasteiger partial charge in [0.15, 0.2) is 6.61 Å². The van der Waals surface area contributed by atoms with Crippen molar-refractivity contribution in [3.8, 4) is 5.75 Å². The molecule has 1 aromatic rings. The van der Waals surface area contributed by atoms with Crippen LogP contribution in [0.25, 0.3) is 0 Å². The lowest BCUT2D eigenvalue weighted by Crippen LogP contribution is -2.25. The lowest BCUT2D eigenvalue weighted by molar-refractivity contribution is -0.118. The monoisotopic (exact) mass is 262 g/mol. The number of amides is 1. The molecule has 0 bridgehead atoms. The summed E-state index contributed by atoms with van der Waals surface area (Å²) >= 11 is 0. The van der Waals surface area contributed by atoms with E-state index >= 15 is 0 Å². The lowest BCUT2D eigenvalue weighted by atomic mass is 10.0. The SMILES string of the molecule is O=C1COc2ccc(NCC3CCOCC3)cc2N1. The van der Waals surface area contributed by atoms with E-state index in [1.54, 1.807) is 0 Å². The minimum Gasteiger partial charge on any atom is -0.482 e. The zero-order valence-electron chi connectivity index (χ0n) is 10.8. The standard InChI is InChI=1S/C14H18N2O3/c17-14-9-19-13-2-1-11(7-12(13)16-14)15-8-10-3-5-18-6-4-10/h1-2,7,10,15H,3-6,8-9H2,(H,16,17). The van der Waals surface area contributed by atoms with Gasteiger partial charge in [-0.15, -0.1) is 0 Å². The number of rotatable bonds is 3. The third kappa shape index (κ3) is 2.98. The molecule has 0 atom stereocenters. The molecule has 1 amide bonds. The van der Waals surface area contributed by atoms with Gasteiger partial charge in [-0.25, -0.2) is 0 Å². The van der Waals surface area contributed by atoms with Crippen molar-refractivity contribution in [2.45, 2.75) is 12.8 Å². The summed E-state index contributed by atoms with van der Waals surface area (Å²) in [7, 11) is 0. The van der Waals surface area contributed by atoms with Crippen LogP contribution in [0.1, 0.15) is 12.8 Å². The molecule has 1 aromatic carbocycles. The first kappa shape index (κ1) is 12.3. The van der Waals surface area contributed by atoms with Gasteiger partial charge in [-0.2, -0.15) is 0 Å². The van der Waals surface area contributed by atoms with E-state index in [1.807, 2.05) is 18.2 Å². The Bertz CT molecular complexity index is 470. The number of hydrogen-bond acceptors (Lipinski definition) is 4. The summed E-state index contributed by atoms with van der Waals surface area (Å²) in [4.78, 5) is 11.3. The Balaban J connectivity index is 1.61. The molecule has 1 fully saturated rings. The number of carbonyl (C=O) groups excluding carboxylic acids is 1. The second-order valence-corrected chi connectivity index (χ2v) is 4.98. The van der Waals surface area contributed by atoms with Gasteiger partial charge in [-0.05, 0) is 37.0 Å². The molecular formula is C14H18N2O3. The summed E-state index contributed by atoms with van der Waals surface area (Å²) in [5.74, 6) is 1.29. The summed E-state index contributed by atoms with van der Waals surface area (Å²) < 4.78 is 10.7. The maximum absolute atomic E-state index is 11.3. The molecule has 0 radical (unpaired) electrons. The quantitative estimate of drug-likeness (QED) is 0.873. The van der Waals surface area contributed by atoms with Gasteiger partial charge in [-0.1, -0.05) is 0 Å². The minimum atomic E-state index is -0.103. The molecule has 5 heteroatoms. The fourth-order valence-corrected chi connectivity index (χ4v) is 2.41. The van der Waals surface area contributed by atoms with Gasteiger partial charge >= 0.3 is 0 Å². The van der Waals surface area contributed by atoms with Gasteiger partial charge in [0.1, 0.15) is 5.75 Å². The minimum absolute atomic E-state index is 0.0991. The number of ether oxygens (including phenoxy) is 2.